The van der Waals surface area contributed by atoms with E-state index in [-0.39, 0.29) is 18.3 Å². The Morgan fingerprint density at radius 2 is 1.79 bits per heavy atom. The molecule has 0 radical (unpaired) electrons. The van der Waals surface area contributed by atoms with Crippen molar-refractivity contribution in [2.45, 2.75) is 19.6 Å². The minimum absolute atomic E-state index is 0.251. The molecule has 1 aliphatic rings. The van der Waals surface area contributed by atoms with Gasteiger partial charge in [-0.2, -0.15) is 10.1 Å². The van der Waals surface area contributed by atoms with Crippen molar-refractivity contribution in [3.8, 4) is 5.75 Å². The van der Waals surface area contributed by atoms with Gasteiger partial charge in [0.05, 0.1) is 5.57 Å². The zero-order valence-corrected chi connectivity index (χ0v) is 18.4. The van der Waals surface area contributed by atoms with Gasteiger partial charge >= 0.3 is 0 Å². The van der Waals surface area contributed by atoms with E-state index >= 15 is 0 Å². The van der Waals surface area contributed by atoms with E-state index < -0.39 is 6.04 Å². The number of hydrogen-bond acceptors (Lipinski definition) is 5. The highest BCUT2D eigenvalue weighted by Gasteiger charge is 2.35. The number of allylic oxidation sites excluding steroid dienone is 1. The van der Waals surface area contributed by atoms with Crippen LogP contribution >= 0.6 is 0 Å². The van der Waals surface area contributed by atoms with Crippen molar-refractivity contribution in [2.75, 3.05) is 10.6 Å². The summed E-state index contributed by atoms with van der Waals surface area (Å²) in [6.45, 7) is 2.09. The average molecular weight is 455 g/mol. The number of carbonyl (C=O) groups is 1. The SMILES string of the molecule is CC1=C(C(=O)Nc2ccccc2)[C@@H](c2ccccc2OCc2ccc(F)cc2)n2ncnc2N1. The Balaban J connectivity index is 1.51. The van der Waals surface area contributed by atoms with Crippen molar-refractivity contribution in [3.63, 3.8) is 0 Å². The highest BCUT2D eigenvalue weighted by atomic mass is 19.1. The molecule has 0 fully saturated rings. The lowest BCUT2D eigenvalue weighted by atomic mass is 9.94. The molecule has 1 aromatic heterocycles. The van der Waals surface area contributed by atoms with E-state index in [2.05, 4.69) is 20.7 Å². The van der Waals surface area contributed by atoms with Gasteiger partial charge in [0.25, 0.3) is 5.91 Å². The quantitative estimate of drug-likeness (QED) is 0.431. The second-order valence-electron chi connectivity index (χ2n) is 7.87. The van der Waals surface area contributed by atoms with E-state index in [1.54, 1.807) is 16.8 Å². The Hall–Kier alpha value is -4.46. The lowest BCUT2D eigenvalue weighted by Crippen LogP contribution is -2.31. The van der Waals surface area contributed by atoms with Crippen molar-refractivity contribution in [3.05, 3.63) is 113 Å². The zero-order valence-electron chi connectivity index (χ0n) is 18.4. The Kier molecular flexibility index (Phi) is 5.78. The number of carbonyl (C=O) groups excluding carboxylic acids is 1. The van der Waals surface area contributed by atoms with Gasteiger partial charge in [-0.3, -0.25) is 4.79 Å². The number of para-hydroxylation sites is 2. The zero-order chi connectivity index (χ0) is 23.5. The van der Waals surface area contributed by atoms with Crippen LogP contribution in [0.1, 0.15) is 24.1 Å². The fraction of sp³-hybridized carbons (Fsp3) is 0.115. The summed E-state index contributed by atoms with van der Waals surface area (Å²) in [6.07, 6.45) is 1.45. The molecule has 1 aliphatic heterocycles. The van der Waals surface area contributed by atoms with Crippen molar-refractivity contribution in [1.29, 1.82) is 0 Å². The lowest BCUT2D eigenvalue weighted by molar-refractivity contribution is -0.113. The Morgan fingerprint density at radius 1 is 1.06 bits per heavy atom. The van der Waals surface area contributed by atoms with E-state index in [4.69, 9.17) is 4.74 Å². The highest BCUT2D eigenvalue weighted by Crippen LogP contribution is 2.39. The number of hydrogen-bond donors (Lipinski definition) is 2. The van der Waals surface area contributed by atoms with Gasteiger partial charge in [-0.1, -0.05) is 48.5 Å². The summed E-state index contributed by atoms with van der Waals surface area (Å²) >= 11 is 0. The van der Waals surface area contributed by atoms with Crippen LogP contribution in [-0.2, 0) is 11.4 Å². The molecule has 0 saturated carbocycles. The number of rotatable bonds is 6. The highest BCUT2D eigenvalue weighted by molar-refractivity contribution is 6.06. The fourth-order valence-corrected chi connectivity index (χ4v) is 3.97. The molecule has 0 saturated heterocycles. The third kappa shape index (κ3) is 4.25. The number of aromatic nitrogens is 3. The summed E-state index contributed by atoms with van der Waals surface area (Å²) in [7, 11) is 0. The minimum atomic E-state index is -0.563. The third-order valence-electron chi connectivity index (χ3n) is 5.59. The number of ether oxygens (including phenoxy) is 1. The number of anilines is 2. The number of benzene rings is 3. The van der Waals surface area contributed by atoms with Crippen LogP contribution in [0.5, 0.6) is 5.75 Å². The molecular formula is C26H22FN5O2. The van der Waals surface area contributed by atoms with E-state index in [1.807, 2.05) is 61.5 Å². The maximum Gasteiger partial charge on any atom is 0.255 e. The molecule has 0 aliphatic carbocycles. The summed E-state index contributed by atoms with van der Waals surface area (Å²) in [5.74, 6) is 0.577. The maximum absolute atomic E-state index is 13.5. The predicted octanol–water partition coefficient (Wildman–Crippen LogP) is 4.92. The molecule has 7 nitrogen and oxygen atoms in total. The lowest BCUT2D eigenvalue weighted by Gasteiger charge is -2.29. The van der Waals surface area contributed by atoms with Crippen molar-refractivity contribution in [1.82, 2.24) is 14.8 Å². The Bertz CT molecular complexity index is 1350. The first-order valence-electron chi connectivity index (χ1n) is 10.8. The fourth-order valence-electron chi connectivity index (χ4n) is 3.97. The molecule has 3 aromatic carbocycles. The minimum Gasteiger partial charge on any atom is -0.489 e. The van der Waals surface area contributed by atoms with Crippen LogP contribution in [0.4, 0.5) is 16.0 Å². The molecule has 5 rings (SSSR count). The van der Waals surface area contributed by atoms with Gasteiger partial charge in [0.1, 0.15) is 30.5 Å². The van der Waals surface area contributed by atoms with E-state index in [0.29, 0.717) is 28.7 Å². The molecule has 34 heavy (non-hydrogen) atoms. The number of nitrogens with one attached hydrogen (secondary N) is 2. The van der Waals surface area contributed by atoms with Crippen LogP contribution < -0.4 is 15.4 Å². The van der Waals surface area contributed by atoms with Crippen LogP contribution in [0.15, 0.2) is 96.5 Å². The molecule has 2 N–H and O–H groups in total. The molecule has 2 heterocycles. The smallest absolute Gasteiger partial charge is 0.255 e. The normalized spacial score (nSPS) is 14.8. The maximum atomic E-state index is 13.5. The summed E-state index contributed by atoms with van der Waals surface area (Å²) in [4.78, 5) is 17.8. The van der Waals surface area contributed by atoms with Gasteiger partial charge in [-0.25, -0.2) is 9.07 Å². The Labute approximate surface area is 195 Å². The molecule has 170 valence electrons. The van der Waals surface area contributed by atoms with E-state index in [9.17, 15) is 9.18 Å². The number of nitrogens with zero attached hydrogens (tertiary/aromatic N) is 3. The first-order valence-corrected chi connectivity index (χ1v) is 10.8. The van der Waals surface area contributed by atoms with Gasteiger partial charge < -0.3 is 15.4 Å². The molecule has 4 aromatic rings. The molecule has 1 amide bonds. The first kappa shape index (κ1) is 21.4. The van der Waals surface area contributed by atoms with E-state index in [1.165, 1.54) is 18.5 Å². The molecule has 0 unspecified atom stereocenters. The van der Waals surface area contributed by atoms with Gasteiger partial charge in [-0.15, -0.1) is 0 Å². The second-order valence-corrected chi connectivity index (χ2v) is 7.87. The summed E-state index contributed by atoms with van der Waals surface area (Å²) < 4.78 is 21.1. The standard InChI is InChI=1S/C26H22FN5O2/c1-17-23(25(33)31-20-7-3-2-4-8-20)24(32-26(30-17)28-16-29-32)21-9-5-6-10-22(21)34-15-18-11-13-19(27)14-12-18/h2-14,16,24H,15H2,1H3,(H,31,33)(H,28,29,30)/t24-/m1/s1. The number of halogens is 1. The topological polar surface area (TPSA) is 81.1 Å². The molecular weight excluding hydrogens is 433 g/mol. The van der Waals surface area contributed by atoms with Gasteiger partial charge in [0.2, 0.25) is 5.95 Å². The average Bonchev–Trinajstić information content (AvgIpc) is 3.32. The Morgan fingerprint density at radius 3 is 2.59 bits per heavy atom. The largest absolute Gasteiger partial charge is 0.489 e. The second kappa shape index (κ2) is 9.19. The monoisotopic (exact) mass is 455 g/mol. The van der Waals surface area contributed by atoms with Gasteiger partial charge in [0, 0.05) is 16.9 Å². The summed E-state index contributed by atoms with van der Waals surface area (Å²) in [5, 5.41) is 10.5. The van der Waals surface area contributed by atoms with Crippen molar-refractivity contribution in [2.24, 2.45) is 0 Å². The van der Waals surface area contributed by atoms with E-state index in [0.717, 1.165) is 11.1 Å². The first-order chi connectivity index (χ1) is 16.6. The van der Waals surface area contributed by atoms with Crippen LogP contribution in [-0.4, -0.2) is 20.7 Å². The van der Waals surface area contributed by atoms with Crippen LogP contribution in [0.2, 0.25) is 0 Å². The van der Waals surface area contributed by atoms with Gasteiger partial charge in [-0.05, 0) is 42.8 Å². The summed E-state index contributed by atoms with van der Waals surface area (Å²) in [5.41, 5.74) is 3.45. The van der Waals surface area contributed by atoms with Crippen LogP contribution in [0.25, 0.3) is 0 Å². The third-order valence-corrected chi connectivity index (χ3v) is 5.59. The summed E-state index contributed by atoms with van der Waals surface area (Å²) in [6, 6.07) is 22.4. The van der Waals surface area contributed by atoms with Crippen molar-refractivity contribution >= 4 is 17.5 Å². The number of fused-ring (bicyclic) bond motifs is 1. The van der Waals surface area contributed by atoms with Crippen molar-refractivity contribution < 1.29 is 13.9 Å². The van der Waals surface area contributed by atoms with Gasteiger partial charge in [0.15, 0.2) is 0 Å². The molecule has 8 heteroatoms. The predicted molar refractivity (Wildman–Crippen MR) is 127 cm³/mol. The molecule has 0 spiro atoms. The van der Waals surface area contributed by atoms with Crippen LogP contribution in [0.3, 0.4) is 0 Å². The number of amides is 1. The molecule has 0 bridgehead atoms. The molecule has 1 atom stereocenters. The van der Waals surface area contributed by atoms with Crippen LogP contribution in [0, 0.1) is 5.82 Å².